The Kier molecular flexibility index (Phi) is 2.77. The largest absolute Gasteiger partial charge is 0.370 e. The Morgan fingerprint density at radius 2 is 2.18 bits per heavy atom. The molecule has 0 aliphatic heterocycles. The average molecular weight is 251 g/mol. The predicted octanol–water partition coefficient (Wildman–Crippen LogP) is 1.79. The van der Waals surface area contributed by atoms with Crippen molar-refractivity contribution >= 4 is 34.4 Å². The number of carbonyl (C=O) groups excluding carboxylic acids is 1. The second kappa shape index (κ2) is 4.10. The number of aromatic nitrogens is 1. The molecular weight excluding hydrogens is 240 g/mol. The summed E-state index contributed by atoms with van der Waals surface area (Å²) in [6.45, 7) is 0. The van der Waals surface area contributed by atoms with Crippen LogP contribution in [0.2, 0.25) is 5.02 Å². The predicted molar refractivity (Wildman–Crippen MR) is 67.3 cm³/mol. The van der Waals surface area contributed by atoms with E-state index in [0.717, 1.165) is 15.8 Å². The molecule has 0 aliphatic carbocycles. The molecule has 4 N–H and O–H groups in total. The first-order valence-electron chi connectivity index (χ1n) is 4.89. The first-order chi connectivity index (χ1) is 7.99. The summed E-state index contributed by atoms with van der Waals surface area (Å²) < 4.78 is 0. The summed E-state index contributed by atoms with van der Waals surface area (Å²) in [5.41, 5.74) is 6.40. The van der Waals surface area contributed by atoms with Crippen LogP contribution in [0.4, 0.5) is 0 Å². The number of aromatic amines is 1. The van der Waals surface area contributed by atoms with Gasteiger partial charge in [0, 0.05) is 23.0 Å². The standard InChI is InChI=1S/C11H11ClN4O/c1-16(11(13)14)10(17)9-4-6-2-3-7(12)5-8(6)15-9/h2-5,15H,1H3,(H3,13,14). The van der Waals surface area contributed by atoms with Crippen LogP contribution in [0.25, 0.3) is 10.9 Å². The summed E-state index contributed by atoms with van der Waals surface area (Å²) in [6.07, 6.45) is 0. The van der Waals surface area contributed by atoms with Crippen LogP contribution in [0.15, 0.2) is 24.3 Å². The van der Waals surface area contributed by atoms with Crippen LogP contribution in [-0.4, -0.2) is 28.8 Å². The highest BCUT2D eigenvalue weighted by atomic mass is 35.5. The van der Waals surface area contributed by atoms with Crippen LogP contribution in [0, 0.1) is 5.41 Å². The lowest BCUT2D eigenvalue weighted by Gasteiger charge is -2.12. The number of benzene rings is 1. The molecule has 5 nitrogen and oxygen atoms in total. The zero-order valence-electron chi connectivity index (χ0n) is 9.12. The van der Waals surface area contributed by atoms with E-state index in [-0.39, 0.29) is 11.9 Å². The maximum atomic E-state index is 11.9. The number of fused-ring (bicyclic) bond motifs is 1. The SMILES string of the molecule is CN(C(=N)N)C(=O)c1cc2ccc(Cl)cc2[nH]1. The number of guanidine groups is 1. The van der Waals surface area contributed by atoms with E-state index in [4.69, 9.17) is 22.7 Å². The van der Waals surface area contributed by atoms with Crippen molar-refractivity contribution < 1.29 is 4.79 Å². The van der Waals surface area contributed by atoms with E-state index in [1.807, 2.05) is 6.07 Å². The monoisotopic (exact) mass is 250 g/mol. The smallest absolute Gasteiger partial charge is 0.276 e. The molecule has 0 saturated carbocycles. The van der Waals surface area contributed by atoms with Gasteiger partial charge in [-0.2, -0.15) is 0 Å². The van der Waals surface area contributed by atoms with Crippen molar-refractivity contribution in [2.24, 2.45) is 5.73 Å². The van der Waals surface area contributed by atoms with Crippen molar-refractivity contribution in [3.8, 4) is 0 Å². The third-order valence-electron chi connectivity index (χ3n) is 2.48. The minimum absolute atomic E-state index is 0.299. The quantitative estimate of drug-likeness (QED) is 0.532. The number of carbonyl (C=O) groups is 1. The molecule has 1 heterocycles. The van der Waals surface area contributed by atoms with Gasteiger partial charge < -0.3 is 10.7 Å². The molecular formula is C11H11ClN4O. The molecule has 1 amide bonds. The summed E-state index contributed by atoms with van der Waals surface area (Å²) in [5.74, 6) is -0.656. The normalized spacial score (nSPS) is 10.5. The van der Waals surface area contributed by atoms with E-state index in [2.05, 4.69) is 4.98 Å². The Morgan fingerprint density at radius 3 is 2.82 bits per heavy atom. The molecule has 0 unspecified atom stereocenters. The highest BCUT2D eigenvalue weighted by molar-refractivity contribution is 6.31. The fraction of sp³-hybridized carbons (Fsp3) is 0.0909. The Morgan fingerprint density at radius 1 is 1.47 bits per heavy atom. The molecule has 1 aromatic carbocycles. The van der Waals surface area contributed by atoms with Gasteiger partial charge in [0.05, 0.1) is 0 Å². The molecule has 0 saturated heterocycles. The molecule has 1 aromatic heterocycles. The number of hydrogen-bond acceptors (Lipinski definition) is 2. The Balaban J connectivity index is 2.43. The van der Waals surface area contributed by atoms with Gasteiger partial charge in [-0.1, -0.05) is 17.7 Å². The summed E-state index contributed by atoms with van der Waals surface area (Å²) in [6, 6.07) is 7.01. The third-order valence-corrected chi connectivity index (χ3v) is 2.72. The van der Waals surface area contributed by atoms with Gasteiger partial charge in [-0.05, 0) is 18.2 Å². The van der Waals surface area contributed by atoms with Gasteiger partial charge >= 0.3 is 0 Å². The summed E-state index contributed by atoms with van der Waals surface area (Å²) >= 11 is 5.85. The maximum absolute atomic E-state index is 11.9. The van der Waals surface area contributed by atoms with Gasteiger partial charge in [-0.25, -0.2) is 0 Å². The molecule has 0 radical (unpaired) electrons. The maximum Gasteiger partial charge on any atom is 0.276 e. The minimum Gasteiger partial charge on any atom is -0.370 e. The molecule has 6 heteroatoms. The Bertz CT molecular complexity index is 605. The molecule has 0 bridgehead atoms. The van der Waals surface area contributed by atoms with Crippen LogP contribution in [-0.2, 0) is 0 Å². The molecule has 17 heavy (non-hydrogen) atoms. The fourth-order valence-corrected chi connectivity index (χ4v) is 1.68. The van der Waals surface area contributed by atoms with Gasteiger partial charge in [0.1, 0.15) is 5.69 Å². The van der Waals surface area contributed by atoms with Crippen LogP contribution < -0.4 is 5.73 Å². The number of nitrogens with zero attached hydrogens (tertiary/aromatic N) is 1. The zero-order valence-corrected chi connectivity index (χ0v) is 9.88. The van der Waals surface area contributed by atoms with E-state index in [0.29, 0.717) is 10.7 Å². The number of rotatable bonds is 1. The van der Waals surface area contributed by atoms with E-state index in [9.17, 15) is 4.79 Å². The van der Waals surface area contributed by atoms with E-state index < -0.39 is 0 Å². The molecule has 0 fully saturated rings. The highest BCUT2D eigenvalue weighted by Gasteiger charge is 2.16. The number of amides is 1. The van der Waals surface area contributed by atoms with Gasteiger partial charge in [0.25, 0.3) is 5.91 Å². The van der Waals surface area contributed by atoms with E-state index in [1.165, 1.54) is 7.05 Å². The van der Waals surface area contributed by atoms with Gasteiger partial charge in [0.15, 0.2) is 5.96 Å². The van der Waals surface area contributed by atoms with E-state index >= 15 is 0 Å². The molecule has 2 rings (SSSR count). The number of H-pyrrole nitrogens is 1. The van der Waals surface area contributed by atoms with Crippen molar-refractivity contribution in [1.29, 1.82) is 5.41 Å². The lowest BCUT2D eigenvalue weighted by Crippen LogP contribution is -2.38. The van der Waals surface area contributed by atoms with Crippen LogP contribution >= 0.6 is 11.6 Å². The summed E-state index contributed by atoms with van der Waals surface area (Å²) in [5, 5.41) is 8.68. The zero-order chi connectivity index (χ0) is 12.6. The third kappa shape index (κ3) is 2.09. The first kappa shape index (κ1) is 11.5. The van der Waals surface area contributed by atoms with Crippen LogP contribution in [0.5, 0.6) is 0 Å². The fourth-order valence-electron chi connectivity index (χ4n) is 1.50. The topological polar surface area (TPSA) is 86.0 Å². The molecule has 0 atom stereocenters. The molecule has 0 spiro atoms. The second-order valence-corrected chi connectivity index (χ2v) is 4.10. The minimum atomic E-state index is -0.357. The number of halogens is 1. The van der Waals surface area contributed by atoms with E-state index in [1.54, 1.807) is 18.2 Å². The summed E-state index contributed by atoms with van der Waals surface area (Å²) in [4.78, 5) is 15.9. The molecule has 0 aliphatic rings. The Labute approximate surface area is 103 Å². The second-order valence-electron chi connectivity index (χ2n) is 3.66. The van der Waals surface area contributed by atoms with Gasteiger partial charge in [-0.15, -0.1) is 0 Å². The van der Waals surface area contributed by atoms with Crippen molar-refractivity contribution in [3.63, 3.8) is 0 Å². The number of nitrogens with two attached hydrogens (primary N) is 1. The molecule has 2 aromatic rings. The first-order valence-corrected chi connectivity index (χ1v) is 5.27. The summed E-state index contributed by atoms with van der Waals surface area (Å²) in [7, 11) is 1.45. The van der Waals surface area contributed by atoms with Gasteiger partial charge in [-0.3, -0.25) is 15.1 Å². The van der Waals surface area contributed by atoms with Crippen LogP contribution in [0.1, 0.15) is 10.5 Å². The van der Waals surface area contributed by atoms with Gasteiger partial charge in [0.2, 0.25) is 0 Å². The number of hydrogen-bond donors (Lipinski definition) is 3. The van der Waals surface area contributed by atoms with Crippen molar-refractivity contribution in [3.05, 3.63) is 35.0 Å². The number of nitrogens with one attached hydrogen (secondary N) is 2. The highest BCUT2D eigenvalue weighted by Crippen LogP contribution is 2.20. The van der Waals surface area contributed by atoms with Crippen molar-refractivity contribution in [2.75, 3.05) is 7.05 Å². The lowest BCUT2D eigenvalue weighted by atomic mass is 10.2. The van der Waals surface area contributed by atoms with Crippen molar-refractivity contribution in [1.82, 2.24) is 9.88 Å². The van der Waals surface area contributed by atoms with Crippen LogP contribution in [0.3, 0.4) is 0 Å². The van der Waals surface area contributed by atoms with Crippen molar-refractivity contribution in [2.45, 2.75) is 0 Å². The molecule has 88 valence electrons. The lowest BCUT2D eigenvalue weighted by molar-refractivity contribution is 0.0864. The average Bonchev–Trinajstić information content (AvgIpc) is 2.69. The Hall–Kier alpha value is -2.01.